The molecule has 1 fully saturated rings. The molecular weight excluding hydrogens is 809 g/mol. The summed E-state index contributed by atoms with van der Waals surface area (Å²) in [5.74, 6) is -1.98. The maximum Gasteiger partial charge on any atom is 0.243 e. The number of likely N-dealkylation sites (N-methyl/N-ethyl adjacent to an activating group) is 1. The summed E-state index contributed by atoms with van der Waals surface area (Å²) in [4.78, 5) is 84.7. The second-order valence-corrected chi connectivity index (χ2v) is 18.6. The van der Waals surface area contributed by atoms with Crippen LogP contribution in [0, 0.1) is 23.7 Å². The van der Waals surface area contributed by atoms with Crippen LogP contribution >= 0.6 is 0 Å². The fourth-order valence-corrected chi connectivity index (χ4v) is 8.19. The fourth-order valence-electron chi connectivity index (χ4n) is 8.19. The Labute approximate surface area is 382 Å². The number of Topliss-reactive ketones (excluding diaryl/α,β-unsaturated/α-hetero) is 2. The van der Waals surface area contributed by atoms with Crippen LogP contribution in [0.2, 0.25) is 0 Å². The lowest BCUT2D eigenvalue weighted by molar-refractivity contribution is -0.135. The minimum absolute atomic E-state index is 0.0228. The summed E-state index contributed by atoms with van der Waals surface area (Å²) in [5.41, 5.74) is 2.61. The minimum atomic E-state index is -1.06. The lowest BCUT2D eigenvalue weighted by atomic mass is 9.82. The number of rotatable bonds is 27. The number of amides is 4. The largest absolute Gasteiger partial charge is 0.378 e. The Balaban J connectivity index is 1.85. The first-order valence-corrected chi connectivity index (χ1v) is 23.0. The quantitative estimate of drug-likeness (QED) is 0.0762. The Kier molecular flexibility index (Phi) is 22.3. The highest BCUT2D eigenvalue weighted by Crippen LogP contribution is 2.27. The van der Waals surface area contributed by atoms with Gasteiger partial charge in [0.15, 0.2) is 11.6 Å². The van der Waals surface area contributed by atoms with Crippen LogP contribution in [0.15, 0.2) is 85.0 Å². The van der Waals surface area contributed by atoms with Crippen molar-refractivity contribution in [3.05, 3.63) is 96.1 Å². The number of ketones is 2. The first-order valence-electron chi connectivity index (χ1n) is 23.0. The molecule has 1 aliphatic heterocycles. The van der Waals surface area contributed by atoms with Crippen LogP contribution in [-0.2, 0) is 46.3 Å². The molecule has 4 amide bonds. The van der Waals surface area contributed by atoms with Gasteiger partial charge >= 0.3 is 0 Å². The Bertz CT molecular complexity index is 1870. The van der Waals surface area contributed by atoms with Crippen molar-refractivity contribution in [2.45, 2.75) is 130 Å². The zero-order valence-corrected chi connectivity index (χ0v) is 39.8. The summed E-state index contributed by atoms with van der Waals surface area (Å²) in [7, 11) is 1.77. The zero-order valence-electron chi connectivity index (χ0n) is 39.8. The van der Waals surface area contributed by atoms with Crippen LogP contribution in [-0.4, -0.2) is 110 Å². The molecule has 8 atom stereocenters. The molecule has 1 aliphatic rings. The Morgan fingerprint density at radius 2 is 1.16 bits per heavy atom. The van der Waals surface area contributed by atoms with E-state index in [2.05, 4.69) is 58.5 Å². The first-order chi connectivity index (χ1) is 30.3. The number of aryl methyl sites for hydroxylation is 1. The Morgan fingerprint density at radius 1 is 0.656 bits per heavy atom. The first kappa shape index (κ1) is 53.4. The van der Waals surface area contributed by atoms with E-state index in [4.69, 9.17) is 4.74 Å². The van der Waals surface area contributed by atoms with Crippen LogP contribution in [0.5, 0.6) is 0 Å². The summed E-state index contributed by atoms with van der Waals surface area (Å²) in [5, 5.41) is 14.9. The number of nitrogens with one attached hydrogen (secondary N) is 5. The molecule has 2 aromatic carbocycles. The van der Waals surface area contributed by atoms with Crippen molar-refractivity contribution in [3.8, 4) is 0 Å². The van der Waals surface area contributed by atoms with Gasteiger partial charge in [0.2, 0.25) is 23.6 Å². The molecule has 3 rings (SSSR count). The van der Waals surface area contributed by atoms with Gasteiger partial charge in [-0.1, -0.05) is 115 Å². The normalized spacial score (nSPS) is 17.5. The average molecular weight is 885 g/mol. The SMILES string of the molecule is C=C(C)C(=O)C(CC(C)C)NC(=O)C(Cc1ccccc1)NC(=O)C(CC(C)C)NC(=O)[C@H](CCc1ccccc1)NC(=O)CN1CCOCC1C(C)C(C)C[C@H](NC)C(=O)C(=C)C. The van der Waals surface area contributed by atoms with E-state index < -0.39 is 41.9 Å². The number of carbonyl (C=O) groups excluding carboxylic acids is 6. The predicted molar refractivity (Wildman–Crippen MR) is 253 cm³/mol. The summed E-state index contributed by atoms with van der Waals surface area (Å²) < 4.78 is 5.90. The third kappa shape index (κ3) is 17.5. The molecule has 0 spiro atoms. The topological polar surface area (TPSA) is 175 Å². The molecule has 64 heavy (non-hydrogen) atoms. The van der Waals surface area contributed by atoms with E-state index in [1.807, 2.05) is 88.4 Å². The monoisotopic (exact) mass is 885 g/mol. The van der Waals surface area contributed by atoms with Gasteiger partial charge in [-0.25, -0.2) is 0 Å². The molecule has 0 bridgehead atoms. The van der Waals surface area contributed by atoms with Crippen molar-refractivity contribution in [1.29, 1.82) is 0 Å². The van der Waals surface area contributed by atoms with Crippen molar-refractivity contribution < 1.29 is 33.5 Å². The van der Waals surface area contributed by atoms with Crippen LogP contribution in [0.25, 0.3) is 0 Å². The maximum absolute atomic E-state index is 14.4. The zero-order chi connectivity index (χ0) is 47.5. The summed E-state index contributed by atoms with van der Waals surface area (Å²) in [6.45, 7) is 24.4. The highest BCUT2D eigenvalue weighted by atomic mass is 16.5. The van der Waals surface area contributed by atoms with Crippen LogP contribution < -0.4 is 26.6 Å². The smallest absolute Gasteiger partial charge is 0.243 e. The molecule has 0 radical (unpaired) electrons. The van der Waals surface area contributed by atoms with Crippen LogP contribution in [0.4, 0.5) is 0 Å². The highest BCUT2D eigenvalue weighted by molar-refractivity contribution is 6.01. The van der Waals surface area contributed by atoms with Gasteiger partial charge in [0.1, 0.15) is 18.1 Å². The molecule has 1 saturated heterocycles. The van der Waals surface area contributed by atoms with Crippen molar-refractivity contribution in [2.75, 3.05) is 33.4 Å². The average Bonchev–Trinajstić information content (AvgIpc) is 3.25. The molecular formula is C51H76N6O7. The molecule has 13 nitrogen and oxygen atoms in total. The molecule has 1 heterocycles. The molecule has 0 aromatic heterocycles. The van der Waals surface area contributed by atoms with Crippen molar-refractivity contribution in [2.24, 2.45) is 23.7 Å². The second kappa shape index (κ2) is 26.7. The van der Waals surface area contributed by atoms with Crippen molar-refractivity contribution in [3.63, 3.8) is 0 Å². The summed E-state index contributed by atoms with van der Waals surface area (Å²) in [6.07, 6.45) is 2.16. The van der Waals surface area contributed by atoms with E-state index in [1.54, 1.807) is 20.9 Å². The van der Waals surface area contributed by atoms with E-state index in [-0.39, 0.29) is 79.0 Å². The Morgan fingerprint density at radius 3 is 1.72 bits per heavy atom. The van der Waals surface area contributed by atoms with Crippen molar-refractivity contribution in [1.82, 2.24) is 31.5 Å². The van der Waals surface area contributed by atoms with Gasteiger partial charge in [0.05, 0.1) is 31.8 Å². The maximum atomic E-state index is 14.4. The third-order valence-corrected chi connectivity index (χ3v) is 12.1. The molecule has 13 heteroatoms. The fraction of sp³-hybridized carbons (Fsp3) is 0.569. The van der Waals surface area contributed by atoms with Gasteiger partial charge in [-0.05, 0) is 98.9 Å². The van der Waals surface area contributed by atoms with Gasteiger partial charge in [0, 0.05) is 19.0 Å². The van der Waals surface area contributed by atoms with E-state index in [0.717, 1.165) is 11.1 Å². The van der Waals surface area contributed by atoms with Gasteiger partial charge in [-0.15, -0.1) is 0 Å². The van der Waals surface area contributed by atoms with Gasteiger partial charge in [-0.3, -0.25) is 33.7 Å². The van der Waals surface area contributed by atoms with Crippen LogP contribution in [0.3, 0.4) is 0 Å². The molecule has 0 aliphatic carbocycles. The van der Waals surface area contributed by atoms with E-state index in [1.165, 1.54) is 0 Å². The van der Waals surface area contributed by atoms with Gasteiger partial charge in [0.25, 0.3) is 0 Å². The predicted octanol–water partition coefficient (Wildman–Crippen LogP) is 5.13. The molecule has 5 N–H and O–H groups in total. The summed E-state index contributed by atoms with van der Waals surface area (Å²) in [6, 6.07) is 14.6. The number of hydrogen-bond acceptors (Lipinski definition) is 9. The van der Waals surface area contributed by atoms with E-state index in [0.29, 0.717) is 50.2 Å². The molecule has 0 saturated carbocycles. The number of ether oxygens (including phenoxy) is 1. The lowest BCUT2D eigenvalue weighted by Gasteiger charge is -2.41. The van der Waals surface area contributed by atoms with Gasteiger partial charge < -0.3 is 31.3 Å². The third-order valence-electron chi connectivity index (χ3n) is 12.1. The van der Waals surface area contributed by atoms with Gasteiger partial charge in [-0.2, -0.15) is 0 Å². The number of hydrogen-bond donors (Lipinski definition) is 5. The number of benzene rings is 2. The van der Waals surface area contributed by atoms with Crippen LogP contribution in [0.1, 0.15) is 92.2 Å². The molecule has 352 valence electrons. The van der Waals surface area contributed by atoms with E-state index >= 15 is 0 Å². The second-order valence-electron chi connectivity index (χ2n) is 18.6. The highest BCUT2D eigenvalue weighted by Gasteiger charge is 2.36. The Hall–Kier alpha value is -4.98. The summed E-state index contributed by atoms with van der Waals surface area (Å²) >= 11 is 0. The number of morpholine rings is 1. The number of nitrogens with zero attached hydrogens (tertiary/aromatic N) is 1. The molecule has 2 aromatic rings. The minimum Gasteiger partial charge on any atom is -0.378 e. The molecule has 6 unspecified atom stereocenters. The van der Waals surface area contributed by atoms with E-state index in [9.17, 15) is 28.8 Å². The standard InChI is InChI=1S/C51H76N6O7/c1-32(2)26-42(48(60)35(7)8)54-51(63)44(29-39-20-16-13-17-21-39)56-50(62)43(27-33(3)4)55-49(61)40(23-22-38-18-14-12-15-19-38)53-46(58)30-57-24-25-64-31-45(57)37(10)36(9)28-41(52-11)47(59)34(5)6/h12-21,32-33,36-37,40-45,52H,5,7,22-31H2,1-4,6,8-11H3,(H,53,58)(H,54,63)(H,55,61)(H,56,62)/t36?,37?,40-,41-,42?,43?,44?,45?/m0/s1. The lowest BCUT2D eigenvalue weighted by Crippen LogP contribution is -2.59. The van der Waals surface area contributed by atoms with Crippen molar-refractivity contribution >= 4 is 35.2 Å². The number of carbonyl (C=O) groups is 6.